The predicted octanol–water partition coefficient (Wildman–Crippen LogP) is 2.10. The van der Waals surface area contributed by atoms with E-state index in [1.165, 1.54) is 0 Å². The Morgan fingerprint density at radius 3 is 2.20 bits per heavy atom. The molecule has 1 aliphatic heterocycles. The molecule has 2 heterocycles. The summed E-state index contributed by atoms with van der Waals surface area (Å²) in [5.74, 6) is 0.474. The van der Waals surface area contributed by atoms with E-state index < -0.39 is 0 Å². The Morgan fingerprint density at radius 1 is 0.960 bits per heavy atom. The van der Waals surface area contributed by atoms with Gasteiger partial charge < -0.3 is 14.5 Å². The van der Waals surface area contributed by atoms with Gasteiger partial charge in [-0.15, -0.1) is 0 Å². The number of halogens is 1. The van der Waals surface area contributed by atoms with Crippen LogP contribution in [0.5, 0.6) is 5.75 Å². The highest BCUT2D eigenvalue weighted by Crippen LogP contribution is 2.16. The van der Waals surface area contributed by atoms with E-state index in [0.717, 1.165) is 0 Å². The fraction of sp³-hybridized carbons (Fsp3) is 0.278. The van der Waals surface area contributed by atoms with E-state index in [9.17, 15) is 9.59 Å². The first-order chi connectivity index (χ1) is 12.1. The fourth-order valence-corrected chi connectivity index (χ4v) is 2.73. The summed E-state index contributed by atoms with van der Waals surface area (Å²) in [6.45, 7) is 1.99. The van der Waals surface area contributed by atoms with Crippen molar-refractivity contribution >= 4 is 23.4 Å². The van der Waals surface area contributed by atoms with E-state index in [-0.39, 0.29) is 18.4 Å². The van der Waals surface area contributed by atoms with Gasteiger partial charge in [-0.2, -0.15) is 0 Å². The molecule has 0 bridgehead atoms. The number of carbonyl (C=O) groups is 2. The Balaban J connectivity index is 1.47. The average Bonchev–Trinajstić information content (AvgIpc) is 2.67. The predicted molar refractivity (Wildman–Crippen MR) is 93.7 cm³/mol. The van der Waals surface area contributed by atoms with Crippen molar-refractivity contribution in [3.63, 3.8) is 0 Å². The van der Waals surface area contributed by atoms with E-state index in [0.29, 0.717) is 42.5 Å². The molecule has 25 heavy (non-hydrogen) atoms. The highest BCUT2D eigenvalue weighted by molar-refractivity contribution is 6.30. The first kappa shape index (κ1) is 17.2. The summed E-state index contributed by atoms with van der Waals surface area (Å²) in [7, 11) is 0. The first-order valence-corrected chi connectivity index (χ1v) is 8.37. The minimum Gasteiger partial charge on any atom is -0.484 e. The molecule has 0 N–H and O–H groups in total. The molecule has 1 aliphatic rings. The highest BCUT2D eigenvalue weighted by Gasteiger charge is 2.24. The van der Waals surface area contributed by atoms with Crippen molar-refractivity contribution in [1.82, 2.24) is 14.8 Å². The number of piperazine rings is 1. The zero-order chi connectivity index (χ0) is 17.6. The molecule has 0 radical (unpaired) electrons. The number of carbonyl (C=O) groups excluding carboxylic acids is 2. The van der Waals surface area contributed by atoms with Crippen molar-refractivity contribution in [2.75, 3.05) is 32.8 Å². The van der Waals surface area contributed by atoms with Crippen LogP contribution in [-0.2, 0) is 4.79 Å². The Labute approximate surface area is 151 Å². The number of benzene rings is 1. The maximum absolute atomic E-state index is 12.4. The van der Waals surface area contributed by atoms with Crippen LogP contribution < -0.4 is 4.74 Å². The second kappa shape index (κ2) is 7.98. The number of amides is 2. The summed E-state index contributed by atoms with van der Waals surface area (Å²) in [6, 6.07) is 10.3. The van der Waals surface area contributed by atoms with E-state index in [1.807, 2.05) is 0 Å². The van der Waals surface area contributed by atoms with Crippen LogP contribution in [0.15, 0.2) is 48.8 Å². The van der Waals surface area contributed by atoms with Crippen molar-refractivity contribution in [2.45, 2.75) is 0 Å². The van der Waals surface area contributed by atoms with Crippen molar-refractivity contribution in [1.29, 1.82) is 0 Å². The molecule has 2 amide bonds. The van der Waals surface area contributed by atoms with Gasteiger partial charge in [-0.1, -0.05) is 11.6 Å². The van der Waals surface area contributed by atoms with Gasteiger partial charge in [0.15, 0.2) is 6.61 Å². The molecule has 7 heteroatoms. The number of ether oxygens (including phenoxy) is 1. The standard InChI is InChI=1S/C18H18ClN3O3/c19-15-1-3-16(4-2-15)25-13-17(23)21-9-11-22(12-10-21)18(24)14-5-7-20-8-6-14/h1-8H,9-13H2. The summed E-state index contributed by atoms with van der Waals surface area (Å²) in [6.07, 6.45) is 3.20. The van der Waals surface area contributed by atoms with Gasteiger partial charge in [-0.05, 0) is 36.4 Å². The lowest BCUT2D eigenvalue weighted by Crippen LogP contribution is -2.51. The SMILES string of the molecule is O=C(COc1ccc(Cl)cc1)N1CCN(C(=O)c2ccncc2)CC1. The summed E-state index contributed by atoms with van der Waals surface area (Å²) in [5, 5.41) is 0.619. The van der Waals surface area contributed by atoms with Crippen molar-refractivity contribution in [3.8, 4) is 5.75 Å². The van der Waals surface area contributed by atoms with Gasteiger partial charge in [0.1, 0.15) is 5.75 Å². The molecule has 0 unspecified atom stereocenters. The van der Waals surface area contributed by atoms with Gasteiger partial charge >= 0.3 is 0 Å². The lowest BCUT2D eigenvalue weighted by Gasteiger charge is -2.34. The smallest absolute Gasteiger partial charge is 0.260 e. The van der Waals surface area contributed by atoms with Crippen molar-refractivity contribution in [3.05, 3.63) is 59.4 Å². The molecule has 1 fully saturated rings. The number of hydrogen-bond acceptors (Lipinski definition) is 4. The molecule has 3 rings (SSSR count). The lowest BCUT2D eigenvalue weighted by molar-refractivity contribution is -0.134. The molecule has 1 aromatic heterocycles. The lowest BCUT2D eigenvalue weighted by atomic mass is 10.2. The summed E-state index contributed by atoms with van der Waals surface area (Å²) in [4.78, 5) is 32.0. The van der Waals surface area contributed by atoms with E-state index >= 15 is 0 Å². The van der Waals surface area contributed by atoms with Gasteiger partial charge in [-0.3, -0.25) is 14.6 Å². The molecule has 2 aromatic rings. The van der Waals surface area contributed by atoms with Gasteiger partial charge in [-0.25, -0.2) is 0 Å². The zero-order valence-electron chi connectivity index (χ0n) is 13.6. The van der Waals surface area contributed by atoms with Gasteiger partial charge in [0, 0.05) is 49.2 Å². The van der Waals surface area contributed by atoms with E-state index in [2.05, 4.69) is 4.98 Å². The molecule has 0 spiro atoms. The van der Waals surface area contributed by atoms with Crippen LogP contribution in [-0.4, -0.2) is 59.4 Å². The number of hydrogen-bond donors (Lipinski definition) is 0. The Morgan fingerprint density at radius 2 is 1.56 bits per heavy atom. The third-order valence-electron chi connectivity index (χ3n) is 4.02. The quantitative estimate of drug-likeness (QED) is 0.838. The number of aromatic nitrogens is 1. The molecule has 1 saturated heterocycles. The van der Waals surface area contributed by atoms with E-state index in [4.69, 9.17) is 16.3 Å². The summed E-state index contributed by atoms with van der Waals surface area (Å²) < 4.78 is 5.48. The molecular formula is C18H18ClN3O3. The third-order valence-corrected chi connectivity index (χ3v) is 4.27. The van der Waals surface area contributed by atoms with Crippen molar-refractivity contribution in [2.24, 2.45) is 0 Å². The van der Waals surface area contributed by atoms with Crippen LogP contribution >= 0.6 is 11.6 Å². The minimum absolute atomic E-state index is 0.0278. The van der Waals surface area contributed by atoms with Gasteiger partial charge in [0.25, 0.3) is 11.8 Å². The fourth-order valence-electron chi connectivity index (χ4n) is 2.60. The minimum atomic E-state index is -0.0917. The molecule has 0 aliphatic carbocycles. The van der Waals surface area contributed by atoms with Crippen LogP contribution in [0.1, 0.15) is 10.4 Å². The summed E-state index contributed by atoms with van der Waals surface area (Å²) in [5.41, 5.74) is 0.612. The molecule has 0 saturated carbocycles. The topological polar surface area (TPSA) is 62.7 Å². The highest BCUT2D eigenvalue weighted by atomic mass is 35.5. The Hall–Kier alpha value is -2.60. The zero-order valence-corrected chi connectivity index (χ0v) is 14.4. The van der Waals surface area contributed by atoms with Gasteiger partial charge in [0.2, 0.25) is 0 Å². The monoisotopic (exact) mass is 359 g/mol. The molecular weight excluding hydrogens is 342 g/mol. The van der Waals surface area contributed by atoms with Crippen LogP contribution in [0.3, 0.4) is 0 Å². The van der Waals surface area contributed by atoms with Gasteiger partial charge in [0.05, 0.1) is 0 Å². The first-order valence-electron chi connectivity index (χ1n) is 7.99. The number of pyridine rings is 1. The molecule has 1 aromatic carbocycles. The molecule has 130 valence electrons. The number of rotatable bonds is 4. The Kier molecular flexibility index (Phi) is 5.50. The van der Waals surface area contributed by atoms with E-state index in [1.54, 1.807) is 58.6 Å². The van der Waals surface area contributed by atoms with Crippen molar-refractivity contribution < 1.29 is 14.3 Å². The second-order valence-corrected chi connectivity index (χ2v) is 6.09. The van der Waals surface area contributed by atoms with Crippen LogP contribution in [0, 0.1) is 0 Å². The molecule has 6 nitrogen and oxygen atoms in total. The number of nitrogens with zero attached hydrogens (tertiary/aromatic N) is 3. The second-order valence-electron chi connectivity index (χ2n) is 5.65. The maximum atomic E-state index is 12.4. The maximum Gasteiger partial charge on any atom is 0.260 e. The van der Waals surface area contributed by atoms with Crippen LogP contribution in [0.2, 0.25) is 5.02 Å². The molecule has 0 atom stereocenters. The van der Waals surface area contributed by atoms with Crippen LogP contribution in [0.4, 0.5) is 0 Å². The summed E-state index contributed by atoms with van der Waals surface area (Å²) >= 11 is 5.81. The largest absolute Gasteiger partial charge is 0.484 e. The normalized spacial score (nSPS) is 14.3. The average molecular weight is 360 g/mol. The Bertz CT molecular complexity index is 729. The third kappa shape index (κ3) is 4.48. The van der Waals surface area contributed by atoms with Crippen LogP contribution in [0.25, 0.3) is 0 Å².